The number of nitrogen functional groups attached to an aromatic ring is 1. The minimum atomic E-state index is -3.50. The number of hydrogen-bond acceptors (Lipinski definition) is 3. The molecule has 0 heterocycles. The molecule has 0 amide bonds. The number of anilines is 1. The van der Waals surface area contributed by atoms with E-state index in [2.05, 4.69) is 4.72 Å². The topological polar surface area (TPSA) is 75.4 Å². The van der Waals surface area contributed by atoms with Gasteiger partial charge in [-0.15, -0.1) is 0 Å². The number of nitrogens with one attached hydrogen (secondary N) is 1. The van der Waals surface area contributed by atoms with Crippen molar-refractivity contribution < 1.29 is 8.42 Å². The Morgan fingerprint density at radius 3 is 2.40 bits per heavy atom. The quantitative estimate of drug-likeness (QED) is 0.815. The van der Waals surface area contributed by atoms with Crippen molar-refractivity contribution in [1.29, 1.82) is 0 Å². The molecule has 6 heteroatoms. The molecule has 0 radical (unpaired) electrons. The first-order valence-corrected chi connectivity index (χ1v) is 8.27. The molecule has 1 aliphatic carbocycles. The maximum atomic E-state index is 12.5. The van der Waals surface area contributed by atoms with E-state index in [-0.39, 0.29) is 6.04 Å². The largest absolute Gasteiger partial charge is 0.398 e. The lowest BCUT2D eigenvalue weighted by Gasteiger charge is -2.28. The molecule has 1 aromatic rings. The van der Waals surface area contributed by atoms with E-state index >= 15 is 0 Å². The number of para-hydroxylation sites is 1. The molecule has 0 aromatic heterocycles. The maximum absolute atomic E-state index is 12.5. The predicted octanol–water partition coefficient (Wildman–Crippen LogP) is 1.87. The molecule has 2 rings (SSSR count). The van der Waals surface area contributed by atoms with Crippen LogP contribution in [0, 0.1) is 0 Å². The first kappa shape index (κ1) is 15.3. The molecular formula is C14H23N3O2S. The van der Waals surface area contributed by atoms with Crippen LogP contribution in [0.25, 0.3) is 0 Å². The average Bonchev–Trinajstić information content (AvgIpc) is 3.08. The summed E-state index contributed by atoms with van der Waals surface area (Å²) in [5.41, 5.74) is 6.90. The zero-order valence-corrected chi connectivity index (χ0v) is 13.1. The molecule has 112 valence electrons. The van der Waals surface area contributed by atoms with Gasteiger partial charge in [-0.05, 0) is 45.2 Å². The van der Waals surface area contributed by atoms with Crippen molar-refractivity contribution in [2.75, 3.05) is 5.73 Å². The van der Waals surface area contributed by atoms with Gasteiger partial charge in [0.05, 0.1) is 0 Å². The van der Waals surface area contributed by atoms with Gasteiger partial charge in [-0.25, -0.2) is 0 Å². The second-order valence-corrected chi connectivity index (χ2v) is 7.96. The van der Waals surface area contributed by atoms with E-state index in [4.69, 9.17) is 5.73 Å². The van der Waals surface area contributed by atoms with Crippen molar-refractivity contribution in [3.63, 3.8) is 0 Å². The lowest BCUT2D eigenvalue weighted by molar-refractivity contribution is 0.373. The number of hydrogen-bond donors (Lipinski definition) is 2. The monoisotopic (exact) mass is 297 g/mol. The third-order valence-electron chi connectivity index (χ3n) is 3.08. The summed E-state index contributed by atoms with van der Waals surface area (Å²) in [4.78, 5) is 0. The summed E-state index contributed by atoms with van der Waals surface area (Å²) in [5.74, 6) is 0. The number of nitrogens with zero attached hydrogens (tertiary/aromatic N) is 1. The maximum Gasteiger partial charge on any atom is 0.280 e. The molecule has 0 atom stereocenters. The molecule has 5 nitrogen and oxygen atoms in total. The van der Waals surface area contributed by atoms with Gasteiger partial charge in [-0.1, -0.05) is 18.2 Å². The molecule has 20 heavy (non-hydrogen) atoms. The van der Waals surface area contributed by atoms with Crippen LogP contribution in [0.1, 0.15) is 39.2 Å². The van der Waals surface area contributed by atoms with Gasteiger partial charge in [0.2, 0.25) is 0 Å². The Morgan fingerprint density at radius 1 is 1.30 bits per heavy atom. The van der Waals surface area contributed by atoms with E-state index in [1.54, 1.807) is 6.07 Å². The summed E-state index contributed by atoms with van der Waals surface area (Å²) in [6.07, 6.45) is 1.83. The fourth-order valence-corrected chi connectivity index (χ4v) is 3.87. The van der Waals surface area contributed by atoms with Crippen LogP contribution >= 0.6 is 0 Å². The van der Waals surface area contributed by atoms with Crippen LogP contribution in [-0.2, 0) is 16.8 Å². The molecule has 1 aromatic carbocycles. The Morgan fingerprint density at radius 2 is 1.90 bits per heavy atom. The van der Waals surface area contributed by atoms with Gasteiger partial charge >= 0.3 is 0 Å². The van der Waals surface area contributed by atoms with E-state index < -0.39 is 15.7 Å². The van der Waals surface area contributed by atoms with Crippen LogP contribution in [0.15, 0.2) is 24.3 Å². The zero-order valence-electron chi connectivity index (χ0n) is 12.3. The normalized spacial score (nSPS) is 16.6. The van der Waals surface area contributed by atoms with Crippen molar-refractivity contribution in [2.24, 2.45) is 0 Å². The highest BCUT2D eigenvalue weighted by atomic mass is 32.2. The second-order valence-electron chi connectivity index (χ2n) is 6.33. The Bertz CT molecular complexity index is 574. The SMILES string of the molecule is CC(C)(C)NS(=O)(=O)N(Cc1ccccc1N)C1CC1. The fourth-order valence-electron chi connectivity index (χ4n) is 2.06. The molecule has 0 aliphatic heterocycles. The van der Waals surface area contributed by atoms with Crippen molar-refractivity contribution in [3.05, 3.63) is 29.8 Å². The standard InChI is InChI=1S/C14H23N3O2S/c1-14(2,3)16-20(18,19)17(12-8-9-12)10-11-6-4-5-7-13(11)15/h4-7,12,16H,8-10,15H2,1-3H3. The Labute approximate surface area is 121 Å². The molecule has 0 unspecified atom stereocenters. The van der Waals surface area contributed by atoms with Gasteiger partial charge in [0.25, 0.3) is 10.2 Å². The third-order valence-corrected chi connectivity index (χ3v) is 4.99. The highest BCUT2D eigenvalue weighted by Crippen LogP contribution is 2.31. The summed E-state index contributed by atoms with van der Waals surface area (Å²) in [6.45, 7) is 5.84. The van der Waals surface area contributed by atoms with Gasteiger partial charge in [-0.3, -0.25) is 0 Å². The molecule has 1 saturated carbocycles. The Balaban J connectivity index is 2.22. The summed E-state index contributed by atoms with van der Waals surface area (Å²) in [7, 11) is -3.50. The first-order chi connectivity index (χ1) is 9.19. The fraction of sp³-hybridized carbons (Fsp3) is 0.571. The van der Waals surface area contributed by atoms with E-state index in [0.29, 0.717) is 12.2 Å². The first-order valence-electron chi connectivity index (χ1n) is 6.83. The summed E-state index contributed by atoms with van der Waals surface area (Å²) >= 11 is 0. The molecule has 1 aliphatic rings. The lowest BCUT2D eigenvalue weighted by atomic mass is 10.1. The van der Waals surface area contributed by atoms with Crippen LogP contribution in [0.3, 0.4) is 0 Å². The second kappa shape index (κ2) is 5.35. The van der Waals surface area contributed by atoms with Crippen LogP contribution in [0.5, 0.6) is 0 Å². The van der Waals surface area contributed by atoms with Crippen molar-refractivity contribution >= 4 is 15.9 Å². The van der Waals surface area contributed by atoms with Crippen molar-refractivity contribution in [1.82, 2.24) is 9.03 Å². The minimum absolute atomic E-state index is 0.0921. The summed E-state index contributed by atoms with van der Waals surface area (Å²) in [5, 5.41) is 0. The molecule has 1 fully saturated rings. The van der Waals surface area contributed by atoms with Crippen LogP contribution in [0.2, 0.25) is 0 Å². The molecule has 3 N–H and O–H groups in total. The smallest absolute Gasteiger partial charge is 0.280 e. The van der Waals surface area contributed by atoms with Gasteiger partial charge in [-0.2, -0.15) is 17.4 Å². The molecule has 0 spiro atoms. The zero-order chi connectivity index (χ0) is 15.0. The van der Waals surface area contributed by atoms with Crippen LogP contribution in [0.4, 0.5) is 5.69 Å². The van der Waals surface area contributed by atoms with E-state index in [0.717, 1.165) is 18.4 Å². The van der Waals surface area contributed by atoms with Crippen molar-refractivity contribution in [2.45, 2.75) is 51.7 Å². The van der Waals surface area contributed by atoms with Gasteiger partial charge < -0.3 is 5.73 Å². The molecule has 0 bridgehead atoms. The molecule has 0 saturated heterocycles. The highest BCUT2D eigenvalue weighted by molar-refractivity contribution is 7.87. The van der Waals surface area contributed by atoms with E-state index in [9.17, 15) is 8.42 Å². The third kappa shape index (κ3) is 3.94. The lowest BCUT2D eigenvalue weighted by Crippen LogP contribution is -2.49. The number of rotatable bonds is 5. The van der Waals surface area contributed by atoms with Gasteiger partial charge in [0.1, 0.15) is 0 Å². The molecular weight excluding hydrogens is 274 g/mol. The van der Waals surface area contributed by atoms with Gasteiger partial charge in [0, 0.05) is 23.8 Å². The Hall–Kier alpha value is -1.11. The summed E-state index contributed by atoms with van der Waals surface area (Å²) < 4.78 is 29.3. The number of nitrogens with two attached hydrogens (primary N) is 1. The minimum Gasteiger partial charge on any atom is -0.398 e. The number of benzene rings is 1. The summed E-state index contributed by atoms with van der Waals surface area (Å²) in [6, 6.07) is 7.49. The van der Waals surface area contributed by atoms with Crippen molar-refractivity contribution in [3.8, 4) is 0 Å². The Kier molecular flexibility index (Phi) is 4.09. The highest BCUT2D eigenvalue weighted by Gasteiger charge is 2.38. The van der Waals surface area contributed by atoms with E-state index in [1.165, 1.54) is 4.31 Å². The average molecular weight is 297 g/mol. The van der Waals surface area contributed by atoms with Crippen LogP contribution in [-0.4, -0.2) is 24.3 Å². The van der Waals surface area contributed by atoms with Gasteiger partial charge in [0.15, 0.2) is 0 Å². The predicted molar refractivity (Wildman–Crippen MR) is 81.2 cm³/mol. The van der Waals surface area contributed by atoms with Crippen LogP contribution < -0.4 is 10.5 Å². The van der Waals surface area contributed by atoms with E-state index in [1.807, 2.05) is 39.0 Å².